The van der Waals surface area contributed by atoms with Gasteiger partial charge in [0.2, 0.25) is 0 Å². The maximum absolute atomic E-state index is 7.43. The molecule has 0 atom stereocenters. The summed E-state index contributed by atoms with van der Waals surface area (Å²) >= 11 is 0. The lowest BCUT2D eigenvalue weighted by molar-refractivity contribution is 0.638. The molecule has 0 heterocycles. The molecule has 3 heteroatoms. The molecule has 0 unspecified atom stereocenters. The number of benzene rings is 1. The number of aryl methyl sites for hydroxylation is 1. The van der Waals surface area contributed by atoms with Crippen LogP contribution in [0.4, 0.5) is 5.69 Å². The van der Waals surface area contributed by atoms with Crippen LogP contribution in [0.2, 0.25) is 0 Å². The number of hydrogen-bond donors (Lipinski definition) is 2. The van der Waals surface area contributed by atoms with Gasteiger partial charge >= 0.3 is 0 Å². The maximum atomic E-state index is 7.43. The Bertz CT molecular complexity index is 383. The van der Waals surface area contributed by atoms with Crippen molar-refractivity contribution in [1.82, 2.24) is 0 Å². The van der Waals surface area contributed by atoms with E-state index in [2.05, 4.69) is 31.9 Å². The molecule has 3 nitrogen and oxygen atoms in total. The molecule has 16 heavy (non-hydrogen) atoms. The first kappa shape index (κ1) is 12.6. The highest BCUT2D eigenvalue weighted by Crippen LogP contribution is 2.18. The predicted molar refractivity (Wildman–Crippen MR) is 70.3 cm³/mol. The first-order valence-corrected chi connectivity index (χ1v) is 5.58. The lowest BCUT2D eigenvalue weighted by Crippen LogP contribution is -2.23. The zero-order valence-corrected chi connectivity index (χ0v) is 10.5. The van der Waals surface area contributed by atoms with Crippen molar-refractivity contribution in [1.29, 1.82) is 5.41 Å². The Morgan fingerprint density at radius 1 is 1.44 bits per heavy atom. The van der Waals surface area contributed by atoms with Crippen molar-refractivity contribution in [3.8, 4) is 0 Å². The van der Waals surface area contributed by atoms with Gasteiger partial charge in [-0.2, -0.15) is 0 Å². The monoisotopic (exact) mass is 219 g/mol. The highest BCUT2D eigenvalue weighted by Gasteiger charge is 2.06. The van der Waals surface area contributed by atoms with Gasteiger partial charge in [0.25, 0.3) is 0 Å². The van der Waals surface area contributed by atoms with E-state index in [4.69, 9.17) is 11.1 Å². The van der Waals surface area contributed by atoms with E-state index >= 15 is 0 Å². The zero-order valence-electron chi connectivity index (χ0n) is 10.5. The predicted octanol–water partition coefficient (Wildman–Crippen LogP) is 2.37. The standard InChI is InChI=1S/C13H21N3/c1-9(2)8-16(4)11-5-6-12(13(14)15)10(3)7-11/h5-7,9H,8H2,1-4H3,(H3,14,15). The van der Waals surface area contributed by atoms with Crippen LogP contribution in [0.25, 0.3) is 0 Å². The fraction of sp³-hybridized carbons (Fsp3) is 0.462. The second-order valence-electron chi connectivity index (χ2n) is 4.69. The number of amidine groups is 1. The van der Waals surface area contributed by atoms with Gasteiger partial charge in [-0.15, -0.1) is 0 Å². The zero-order chi connectivity index (χ0) is 12.3. The second-order valence-corrected chi connectivity index (χ2v) is 4.69. The van der Waals surface area contributed by atoms with Crippen LogP contribution in [0.15, 0.2) is 18.2 Å². The van der Waals surface area contributed by atoms with E-state index in [9.17, 15) is 0 Å². The van der Waals surface area contributed by atoms with E-state index in [-0.39, 0.29) is 5.84 Å². The normalized spacial score (nSPS) is 10.6. The van der Waals surface area contributed by atoms with Gasteiger partial charge in [-0.05, 0) is 36.6 Å². The van der Waals surface area contributed by atoms with Crippen LogP contribution in [0.1, 0.15) is 25.0 Å². The lowest BCUT2D eigenvalue weighted by Gasteiger charge is -2.22. The van der Waals surface area contributed by atoms with Gasteiger partial charge in [0.1, 0.15) is 5.84 Å². The third kappa shape index (κ3) is 2.99. The molecule has 0 amide bonds. The molecule has 1 rings (SSSR count). The molecule has 0 fully saturated rings. The smallest absolute Gasteiger partial charge is 0.123 e. The quantitative estimate of drug-likeness (QED) is 0.603. The summed E-state index contributed by atoms with van der Waals surface area (Å²) in [5.41, 5.74) is 8.55. The number of nitrogens with two attached hydrogens (primary N) is 1. The van der Waals surface area contributed by atoms with Gasteiger partial charge in [-0.3, -0.25) is 5.41 Å². The van der Waals surface area contributed by atoms with Crippen molar-refractivity contribution in [2.75, 3.05) is 18.5 Å². The summed E-state index contributed by atoms with van der Waals surface area (Å²) < 4.78 is 0. The summed E-state index contributed by atoms with van der Waals surface area (Å²) in [7, 11) is 2.09. The van der Waals surface area contributed by atoms with Crippen LogP contribution in [-0.4, -0.2) is 19.4 Å². The van der Waals surface area contributed by atoms with Crippen molar-refractivity contribution in [2.45, 2.75) is 20.8 Å². The lowest BCUT2D eigenvalue weighted by atomic mass is 10.1. The molecule has 3 N–H and O–H groups in total. The van der Waals surface area contributed by atoms with Gasteiger partial charge in [-0.1, -0.05) is 13.8 Å². The molecule has 0 bridgehead atoms. The van der Waals surface area contributed by atoms with Crippen molar-refractivity contribution in [2.24, 2.45) is 11.7 Å². The average Bonchev–Trinajstić information content (AvgIpc) is 2.15. The third-order valence-corrected chi connectivity index (χ3v) is 2.58. The van der Waals surface area contributed by atoms with Crippen LogP contribution < -0.4 is 10.6 Å². The summed E-state index contributed by atoms with van der Waals surface area (Å²) in [5, 5.41) is 7.43. The maximum Gasteiger partial charge on any atom is 0.123 e. The SMILES string of the molecule is Cc1cc(N(C)CC(C)C)ccc1C(=N)N. The average molecular weight is 219 g/mol. The molecule has 0 aliphatic heterocycles. The Morgan fingerprint density at radius 3 is 2.50 bits per heavy atom. The Hall–Kier alpha value is -1.51. The molecule has 1 aromatic carbocycles. The van der Waals surface area contributed by atoms with Crippen LogP contribution >= 0.6 is 0 Å². The number of anilines is 1. The molecule has 0 radical (unpaired) electrons. The minimum Gasteiger partial charge on any atom is -0.384 e. The number of nitrogen functional groups attached to an aromatic ring is 1. The molecule has 88 valence electrons. The highest BCUT2D eigenvalue weighted by atomic mass is 15.1. The fourth-order valence-electron chi connectivity index (χ4n) is 1.84. The minimum absolute atomic E-state index is 0.135. The third-order valence-electron chi connectivity index (χ3n) is 2.58. The van der Waals surface area contributed by atoms with Gasteiger partial charge in [0.15, 0.2) is 0 Å². The Balaban J connectivity index is 2.92. The number of nitrogens with zero attached hydrogens (tertiary/aromatic N) is 1. The van der Waals surface area contributed by atoms with E-state index < -0.39 is 0 Å². The van der Waals surface area contributed by atoms with Crippen LogP contribution in [0, 0.1) is 18.3 Å². The second kappa shape index (κ2) is 5.01. The van der Waals surface area contributed by atoms with Crippen LogP contribution in [-0.2, 0) is 0 Å². The minimum atomic E-state index is 0.135. The first-order valence-electron chi connectivity index (χ1n) is 5.58. The molecule has 1 aromatic rings. The molecular weight excluding hydrogens is 198 g/mol. The van der Waals surface area contributed by atoms with E-state index in [0.29, 0.717) is 5.92 Å². The largest absolute Gasteiger partial charge is 0.384 e. The van der Waals surface area contributed by atoms with Gasteiger partial charge < -0.3 is 10.6 Å². The van der Waals surface area contributed by atoms with Crippen LogP contribution in [0.5, 0.6) is 0 Å². The van der Waals surface area contributed by atoms with Crippen LogP contribution in [0.3, 0.4) is 0 Å². The number of nitrogens with one attached hydrogen (secondary N) is 1. The fourth-order valence-corrected chi connectivity index (χ4v) is 1.84. The molecule has 0 aromatic heterocycles. The van der Waals surface area contributed by atoms with Crippen molar-refractivity contribution < 1.29 is 0 Å². The highest BCUT2D eigenvalue weighted by molar-refractivity contribution is 5.96. The molecule has 0 saturated carbocycles. The van der Waals surface area contributed by atoms with E-state index in [1.807, 2.05) is 19.1 Å². The van der Waals surface area contributed by atoms with Gasteiger partial charge in [0, 0.05) is 24.8 Å². The molecule has 0 saturated heterocycles. The van der Waals surface area contributed by atoms with E-state index in [1.54, 1.807) is 0 Å². The van der Waals surface area contributed by atoms with Gasteiger partial charge in [0.05, 0.1) is 0 Å². The molecule has 0 aliphatic carbocycles. The molecular formula is C13H21N3. The van der Waals surface area contributed by atoms with E-state index in [0.717, 1.165) is 17.7 Å². The Morgan fingerprint density at radius 2 is 2.06 bits per heavy atom. The van der Waals surface area contributed by atoms with Crippen molar-refractivity contribution >= 4 is 11.5 Å². The Kier molecular flexibility index (Phi) is 3.93. The van der Waals surface area contributed by atoms with Crippen molar-refractivity contribution in [3.63, 3.8) is 0 Å². The first-order chi connectivity index (χ1) is 7.41. The Labute approximate surface area is 97.8 Å². The summed E-state index contributed by atoms with van der Waals surface area (Å²) in [6.07, 6.45) is 0. The molecule has 0 spiro atoms. The summed E-state index contributed by atoms with van der Waals surface area (Å²) in [6.45, 7) is 7.42. The molecule has 0 aliphatic rings. The number of rotatable bonds is 4. The number of hydrogen-bond acceptors (Lipinski definition) is 2. The summed E-state index contributed by atoms with van der Waals surface area (Å²) in [5.74, 6) is 0.772. The summed E-state index contributed by atoms with van der Waals surface area (Å²) in [6, 6.07) is 6.02. The topological polar surface area (TPSA) is 53.1 Å². The summed E-state index contributed by atoms with van der Waals surface area (Å²) in [4.78, 5) is 2.22. The van der Waals surface area contributed by atoms with E-state index in [1.165, 1.54) is 5.69 Å². The van der Waals surface area contributed by atoms with Gasteiger partial charge in [-0.25, -0.2) is 0 Å². The van der Waals surface area contributed by atoms with Crippen molar-refractivity contribution in [3.05, 3.63) is 29.3 Å².